The first kappa shape index (κ1) is 16.8. The van der Waals surface area contributed by atoms with Crippen molar-refractivity contribution in [3.63, 3.8) is 0 Å². The molecule has 130 valence electrons. The van der Waals surface area contributed by atoms with Crippen molar-refractivity contribution in [1.29, 1.82) is 0 Å². The lowest BCUT2D eigenvalue weighted by molar-refractivity contribution is 0.0780. The van der Waals surface area contributed by atoms with Crippen molar-refractivity contribution in [3.05, 3.63) is 53.3 Å². The van der Waals surface area contributed by atoms with Gasteiger partial charge in [-0.1, -0.05) is 6.07 Å². The van der Waals surface area contributed by atoms with Crippen LogP contribution in [0.1, 0.15) is 15.9 Å². The predicted octanol–water partition coefficient (Wildman–Crippen LogP) is 1.97. The molecule has 0 radical (unpaired) electrons. The van der Waals surface area contributed by atoms with Gasteiger partial charge < -0.3 is 15.4 Å². The number of halogens is 1. The number of nitrogens with zero attached hydrogens (tertiary/aromatic N) is 3. The van der Waals surface area contributed by atoms with Gasteiger partial charge >= 0.3 is 0 Å². The fourth-order valence-corrected chi connectivity index (χ4v) is 2.44. The van der Waals surface area contributed by atoms with Crippen LogP contribution in [0.3, 0.4) is 0 Å². The van der Waals surface area contributed by atoms with Crippen LogP contribution in [0.4, 0.5) is 4.39 Å². The predicted molar refractivity (Wildman–Crippen MR) is 88.6 cm³/mol. The summed E-state index contributed by atoms with van der Waals surface area (Å²) < 4.78 is 23.7. The van der Waals surface area contributed by atoms with E-state index in [2.05, 4.69) is 14.9 Å². The summed E-state index contributed by atoms with van der Waals surface area (Å²) in [5.41, 5.74) is 7.66. The highest BCUT2D eigenvalue weighted by Crippen LogP contribution is 2.22. The first-order valence-corrected chi connectivity index (χ1v) is 7.67. The van der Waals surface area contributed by atoms with Crippen LogP contribution in [0.25, 0.3) is 11.0 Å². The van der Waals surface area contributed by atoms with E-state index in [9.17, 15) is 9.18 Å². The summed E-state index contributed by atoms with van der Waals surface area (Å²) in [6.07, 6.45) is 0. The second kappa shape index (κ2) is 7.27. The maximum atomic E-state index is 13.6. The van der Waals surface area contributed by atoms with Crippen LogP contribution >= 0.6 is 0 Å². The largest absolute Gasteiger partial charge is 0.491 e. The molecule has 3 aromatic rings. The van der Waals surface area contributed by atoms with Gasteiger partial charge in [0, 0.05) is 20.1 Å². The summed E-state index contributed by atoms with van der Waals surface area (Å²) >= 11 is 0. The Hall–Kier alpha value is -3.00. The van der Waals surface area contributed by atoms with Gasteiger partial charge in [-0.3, -0.25) is 4.79 Å². The molecule has 1 heterocycles. The smallest absolute Gasteiger partial charge is 0.257 e. The molecule has 0 bridgehead atoms. The monoisotopic (exact) mass is 344 g/mol. The Kier molecular flexibility index (Phi) is 4.90. The Balaban J connectivity index is 1.80. The normalized spacial score (nSPS) is 10.8. The van der Waals surface area contributed by atoms with Gasteiger partial charge in [0.15, 0.2) is 0 Å². The van der Waals surface area contributed by atoms with Gasteiger partial charge in [-0.25, -0.2) is 9.02 Å². The van der Waals surface area contributed by atoms with E-state index in [1.165, 1.54) is 17.0 Å². The molecule has 0 saturated carbocycles. The van der Waals surface area contributed by atoms with Gasteiger partial charge in [0.1, 0.15) is 29.2 Å². The van der Waals surface area contributed by atoms with Crippen LogP contribution < -0.4 is 10.5 Å². The Morgan fingerprint density at radius 2 is 2.04 bits per heavy atom. The van der Waals surface area contributed by atoms with Gasteiger partial charge in [-0.15, -0.1) is 0 Å². The minimum atomic E-state index is -0.507. The fraction of sp³-hybridized carbons (Fsp3) is 0.235. The van der Waals surface area contributed by atoms with E-state index in [1.54, 1.807) is 19.2 Å². The van der Waals surface area contributed by atoms with Gasteiger partial charge in [-0.05, 0) is 46.2 Å². The maximum Gasteiger partial charge on any atom is 0.257 e. The molecule has 1 aromatic heterocycles. The van der Waals surface area contributed by atoms with E-state index in [0.717, 1.165) is 11.6 Å². The molecule has 2 aromatic carbocycles. The average molecular weight is 344 g/mol. The number of nitrogens with two attached hydrogens (primary N) is 1. The minimum absolute atomic E-state index is 0.153. The lowest BCUT2D eigenvalue weighted by Gasteiger charge is -2.19. The Labute approximate surface area is 143 Å². The zero-order valence-corrected chi connectivity index (χ0v) is 13.6. The van der Waals surface area contributed by atoms with E-state index in [-0.39, 0.29) is 18.1 Å². The second-order valence-electron chi connectivity index (χ2n) is 5.53. The third kappa shape index (κ3) is 3.74. The number of rotatable bonds is 6. The number of hydrogen-bond donors (Lipinski definition) is 1. The molecular formula is C17H17FN4O3. The number of aromatic nitrogens is 2. The Bertz CT molecular complexity index is 896. The summed E-state index contributed by atoms with van der Waals surface area (Å²) in [7, 11) is 1.63. The molecule has 0 aliphatic heterocycles. The number of carbonyl (C=O) groups excluding carboxylic acids is 1. The topological polar surface area (TPSA) is 94.5 Å². The van der Waals surface area contributed by atoms with Crippen molar-refractivity contribution < 1.29 is 18.6 Å². The highest BCUT2D eigenvalue weighted by atomic mass is 19.1. The molecule has 8 heteroatoms. The molecule has 0 saturated heterocycles. The lowest BCUT2D eigenvalue weighted by Crippen LogP contribution is -2.27. The van der Waals surface area contributed by atoms with Crippen LogP contribution in [0.15, 0.2) is 41.0 Å². The molecule has 0 aliphatic carbocycles. The standard InChI is InChI=1S/C17H17FN4O3/c1-22(10-11-2-4-14-15(8-11)21-25-20-14)17(23)13-9-12(18)3-5-16(13)24-7-6-19/h2-5,8-9H,6-7,10,19H2,1H3. The number of amides is 1. The molecule has 0 spiro atoms. The first-order chi connectivity index (χ1) is 12.1. The molecule has 0 fully saturated rings. The second-order valence-corrected chi connectivity index (χ2v) is 5.53. The number of ether oxygens (including phenoxy) is 1. The van der Waals surface area contributed by atoms with Gasteiger partial charge in [0.25, 0.3) is 5.91 Å². The fourth-order valence-electron chi connectivity index (χ4n) is 2.44. The molecule has 1 amide bonds. The molecule has 0 atom stereocenters. The van der Waals surface area contributed by atoms with Crippen molar-refractivity contribution in [2.75, 3.05) is 20.2 Å². The third-order valence-corrected chi connectivity index (χ3v) is 3.63. The van der Waals surface area contributed by atoms with Crippen LogP contribution in [0, 0.1) is 5.82 Å². The van der Waals surface area contributed by atoms with Crippen molar-refractivity contribution in [3.8, 4) is 5.75 Å². The average Bonchev–Trinajstić information content (AvgIpc) is 3.07. The summed E-state index contributed by atoms with van der Waals surface area (Å²) in [6.45, 7) is 0.854. The SMILES string of the molecule is CN(Cc1ccc2nonc2c1)C(=O)c1cc(F)ccc1OCCN. The lowest BCUT2D eigenvalue weighted by atomic mass is 10.1. The molecule has 2 N–H and O–H groups in total. The summed E-state index contributed by atoms with van der Waals surface area (Å²) in [4.78, 5) is 14.2. The van der Waals surface area contributed by atoms with E-state index in [4.69, 9.17) is 10.5 Å². The van der Waals surface area contributed by atoms with Crippen molar-refractivity contribution in [2.24, 2.45) is 5.73 Å². The van der Waals surface area contributed by atoms with Crippen molar-refractivity contribution in [2.45, 2.75) is 6.54 Å². The van der Waals surface area contributed by atoms with Crippen LogP contribution in [0.5, 0.6) is 5.75 Å². The molecular weight excluding hydrogens is 327 g/mol. The van der Waals surface area contributed by atoms with Crippen LogP contribution in [-0.4, -0.2) is 41.3 Å². The molecule has 3 rings (SSSR count). The summed E-state index contributed by atoms with van der Waals surface area (Å²) in [5.74, 6) is -0.559. The van der Waals surface area contributed by atoms with Gasteiger partial charge in [0.2, 0.25) is 0 Å². The van der Waals surface area contributed by atoms with Crippen molar-refractivity contribution in [1.82, 2.24) is 15.2 Å². The minimum Gasteiger partial charge on any atom is -0.491 e. The molecule has 0 aliphatic rings. The first-order valence-electron chi connectivity index (χ1n) is 7.67. The van der Waals surface area contributed by atoms with E-state index in [0.29, 0.717) is 29.9 Å². The number of fused-ring (bicyclic) bond motifs is 1. The number of carbonyl (C=O) groups is 1. The van der Waals surface area contributed by atoms with Gasteiger partial charge in [0.05, 0.1) is 5.56 Å². The maximum absolute atomic E-state index is 13.6. The van der Waals surface area contributed by atoms with Crippen molar-refractivity contribution >= 4 is 16.9 Å². The van der Waals surface area contributed by atoms with Crippen LogP contribution in [0.2, 0.25) is 0 Å². The number of benzene rings is 2. The van der Waals surface area contributed by atoms with Crippen LogP contribution in [-0.2, 0) is 6.54 Å². The molecule has 7 nitrogen and oxygen atoms in total. The molecule has 25 heavy (non-hydrogen) atoms. The summed E-state index contributed by atoms with van der Waals surface area (Å²) in [6, 6.07) is 9.21. The van der Waals surface area contributed by atoms with E-state index < -0.39 is 5.82 Å². The Morgan fingerprint density at radius 1 is 1.24 bits per heavy atom. The van der Waals surface area contributed by atoms with E-state index in [1.807, 2.05) is 6.07 Å². The zero-order chi connectivity index (χ0) is 17.8. The quantitative estimate of drug-likeness (QED) is 0.735. The van der Waals surface area contributed by atoms with E-state index >= 15 is 0 Å². The number of hydrogen-bond acceptors (Lipinski definition) is 6. The highest BCUT2D eigenvalue weighted by Gasteiger charge is 2.18. The Morgan fingerprint density at radius 3 is 2.84 bits per heavy atom. The molecule has 0 unspecified atom stereocenters. The zero-order valence-electron chi connectivity index (χ0n) is 13.6. The van der Waals surface area contributed by atoms with Gasteiger partial charge in [-0.2, -0.15) is 0 Å². The highest BCUT2D eigenvalue weighted by molar-refractivity contribution is 5.96. The summed E-state index contributed by atoms with van der Waals surface area (Å²) in [5, 5.41) is 7.51. The third-order valence-electron chi connectivity index (χ3n) is 3.63.